The minimum Gasteiger partial charge on any atom is -0.366 e. The lowest BCUT2D eigenvalue weighted by atomic mass is 9.84. The molecule has 0 saturated heterocycles. The smallest absolute Gasteiger partial charge is 0.101 e. The van der Waals surface area contributed by atoms with Crippen molar-refractivity contribution in [3.63, 3.8) is 0 Å². The van der Waals surface area contributed by atoms with Crippen LogP contribution in [-0.2, 0) is 0 Å². The second-order valence-corrected chi connectivity index (χ2v) is 5.84. The minimum atomic E-state index is 0.291. The van der Waals surface area contributed by atoms with Crippen LogP contribution in [0, 0.1) is 5.41 Å². The monoisotopic (exact) mass is 272 g/mol. The molecular weight excluding hydrogens is 244 g/mol. The Balaban J connectivity index is 2.94. The van der Waals surface area contributed by atoms with Crippen molar-refractivity contribution in [1.29, 1.82) is 0 Å². The van der Waals surface area contributed by atoms with Crippen LogP contribution in [0.1, 0.15) is 46.1 Å². The van der Waals surface area contributed by atoms with Crippen LogP contribution in [0.3, 0.4) is 0 Å². The van der Waals surface area contributed by atoms with Gasteiger partial charge in [-0.15, -0.1) is 0 Å². The Morgan fingerprint density at radius 1 is 1.25 bits per heavy atom. The third kappa shape index (κ3) is 4.84. The number of benzene rings is 1. The molecule has 0 aromatic heterocycles. The molecule has 0 saturated carbocycles. The maximum Gasteiger partial charge on any atom is 0.101 e. The summed E-state index contributed by atoms with van der Waals surface area (Å²) in [5.74, 6) is 1.01. The molecule has 1 aromatic carbocycles. The summed E-state index contributed by atoms with van der Waals surface area (Å²) in [6, 6.07) is 8.38. The average molecular weight is 272 g/mol. The van der Waals surface area contributed by atoms with Gasteiger partial charge in [-0.25, -0.2) is 4.99 Å². The van der Waals surface area contributed by atoms with Gasteiger partial charge in [-0.1, -0.05) is 45.1 Å². The Kier molecular flexibility index (Phi) is 6.00. The highest BCUT2D eigenvalue weighted by Crippen LogP contribution is 2.28. The molecule has 0 amide bonds. The predicted octanol–water partition coefficient (Wildman–Crippen LogP) is 5.14. The molecule has 1 rings (SSSR count). The molecule has 0 bridgehead atoms. The summed E-state index contributed by atoms with van der Waals surface area (Å²) in [6.45, 7) is 8.82. The molecule has 2 nitrogen and oxygen atoms in total. The van der Waals surface area contributed by atoms with Crippen LogP contribution in [0.25, 0.3) is 6.08 Å². The fourth-order valence-corrected chi connectivity index (χ4v) is 1.77. The normalized spacial score (nSPS) is 13.0. The molecule has 0 aliphatic heterocycles. The summed E-state index contributed by atoms with van der Waals surface area (Å²) in [5.41, 5.74) is 2.51. The Morgan fingerprint density at radius 2 is 1.90 bits per heavy atom. The summed E-state index contributed by atoms with van der Waals surface area (Å²) < 4.78 is 0. The van der Waals surface area contributed by atoms with Gasteiger partial charge in [-0.05, 0) is 42.9 Å². The molecule has 20 heavy (non-hydrogen) atoms. The summed E-state index contributed by atoms with van der Waals surface area (Å²) >= 11 is 0. The van der Waals surface area contributed by atoms with Crippen molar-refractivity contribution >= 4 is 17.6 Å². The summed E-state index contributed by atoms with van der Waals surface area (Å²) in [7, 11) is 4.02. The second kappa shape index (κ2) is 7.28. The van der Waals surface area contributed by atoms with Crippen molar-refractivity contribution in [3.8, 4) is 0 Å². The molecule has 1 aromatic rings. The van der Waals surface area contributed by atoms with Crippen molar-refractivity contribution in [2.45, 2.75) is 40.5 Å². The molecule has 0 unspecified atom stereocenters. The molecule has 0 aliphatic rings. The molecule has 0 heterocycles. The average Bonchev–Trinajstić information content (AvgIpc) is 2.45. The second-order valence-electron chi connectivity index (χ2n) is 5.84. The molecule has 0 aliphatic carbocycles. The Hall–Kier alpha value is -1.57. The molecule has 0 atom stereocenters. The van der Waals surface area contributed by atoms with Crippen molar-refractivity contribution in [3.05, 3.63) is 35.9 Å². The molecule has 110 valence electrons. The number of hydrogen-bond donors (Lipinski definition) is 0. The zero-order valence-electron chi connectivity index (χ0n) is 13.8. The SMILES string of the molecule is CCC(C)(/C=C/c1cccc(/N=C(\C)N(C)C)c1)CC. The van der Waals surface area contributed by atoms with E-state index in [1.54, 1.807) is 0 Å². The predicted molar refractivity (Wildman–Crippen MR) is 90.6 cm³/mol. The molecule has 0 spiro atoms. The highest BCUT2D eigenvalue weighted by atomic mass is 15.1. The van der Waals surface area contributed by atoms with Crippen molar-refractivity contribution < 1.29 is 0 Å². The van der Waals surface area contributed by atoms with Gasteiger partial charge < -0.3 is 4.90 Å². The standard InChI is InChI=1S/C18H28N2/c1-7-18(4,8-2)13-12-16-10-9-11-17(14-16)19-15(3)20(5)6/h9-14H,7-8H2,1-6H3/b13-12+,19-15+. The third-order valence-electron chi connectivity index (χ3n) is 4.10. The van der Waals surface area contributed by atoms with Gasteiger partial charge in [0.25, 0.3) is 0 Å². The van der Waals surface area contributed by atoms with Crippen LogP contribution in [0.4, 0.5) is 5.69 Å². The maximum absolute atomic E-state index is 4.61. The summed E-state index contributed by atoms with van der Waals surface area (Å²) in [4.78, 5) is 6.63. The number of hydrogen-bond acceptors (Lipinski definition) is 1. The van der Waals surface area contributed by atoms with Gasteiger partial charge in [0, 0.05) is 14.1 Å². The van der Waals surface area contributed by atoms with Crippen LogP contribution in [0.2, 0.25) is 0 Å². The van der Waals surface area contributed by atoms with Crippen LogP contribution >= 0.6 is 0 Å². The van der Waals surface area contributed by atoms with Gasteiger partial charge in [0.2, 0.25) is 0 Å². The zero-order valence-corrected chi connectivity index (χ0v) is 13.8. The van der Waals surface area contributed by atoms with Crippen LogP contribution in [0.5, 0.6) is 0 Å². The quantitative estimate of drug-likeness (QED) is 0.535. The van der Waals surface area contributed by atoms with Crippen molar-refractivity contribution in [1.82, 2.24) is 4.90 Å². The van der Waals surface area contributed by atoms with Gasteiger partial charge >= 0.3 is 0 Å². The van der Waals surface area contributed by atoms with Crippen LogP contribution in [0.15, 0.2) is 35.3 Å². The van der Waals surface area contributed by atoms with E-state index in [0.29, 0.717) is 5.41 Å². The Bertz CT molecular complexity index is 480. The molecule has 0 N–H and O–H groups in total. The fraction of sp³-hybridized carbons (Fsp3) is 0.500. The summed E-state index contributed by atoms with van der Waals surface area (Å²) in [6.07, 6.45) is 6.88. The van der Waals surface area contributed by atoms with Gasteiger partial charge in [0.1, 0.15) is 5.84 Å². The Morgan fingerprint density at radius 3 is 2.45 bits per heavy atom. The van der Waals surface area contributed by atoms with Crippen LogP contribution in [-0.4, -0.2) is 24.8 Å². The van der Waals surface area contributed by atoms with E-state index >= 15 is 0 Å². The maximum atomic E-state index is 4.61. The first kappa shape index (κ1) is 16.5. The van der Waals surface area contributed by atoms with E-state index in [1.165, 1.54) is 5.56 Å². The highest BCUT2D eigenvalue weighted by Gasteiger charge is 2.14. The van der Waals surface area contributed by atoms with Gasteiger partial charge in [0.05, 0.1) is 5.69 Å². The first-order valence-electron chi connectivity index (χ1n) is 7.42. The lowest BCUT2D eigenvalue weighted by Crippen LogP contribution is -2.17. The van der Waals surface area contributed by atoms with E-state index < -0.39 is 0 Å². The van der Waals surface area contributed by atoms with Gasteiger partial charge in [-0.3, -0.25) is 0 Å². The zero-order chi connectivity index (χ0) is 15.2. The number of allylic oxidation sites excluding steroid dienone is 1. The Labute approximate surface area is 124 Å². The topological polar surface area (TPSA) is 15.6 Å². The number of rotatable bonds is 5. The number of aliphatic imine (C=N–C) groups is 1. The lowest BCUT2D eigenvalue weighted by molar-refractivity contribution is 0.398. The van der Waals surface area contributed by atoms with Crippen LogP contribution < -0.4 is 0 Å². The largest absolute Gasteiger partial charge is 0.366 e. The first-order chi connectivity index (χ1) is 9.40. The summed E-state index contributed by atoms with van der Waals surface area (Å²) in [5, 5.41) is 0. The van der Waals surface area contributed by atoms with E-state index in [1.807, 2.05) is 32.0 Å². The van der Waals surface area contributed by atoms with E-state index in [4.69, 9.17) is 0 Å². The van der Waals surface area contributed by atoms with Gasteiger partial charge in [-0.2, -0.15) is 0 Å². The van der Waals surface area contributed by atoms with E-state index in [0.717, 1.165) is 24.4 Å². The third-order valence-corrected chi connectivity index (χ3v) is 4.10. The first-order valence-corrected chi connectivity index (χ1v) is 7.42. The van der Waals surface area contributed by atoms with E-state index in [2.05, 4.69) is 56.1 Å². The number of amidine groups is 1. The molecular formula is C18H28N2. The van der Waals surface area contributed by atoms with Crippen molar-refractivity contribution in [2.75, 3.05) is 14.1 Å². The van der Waals surface area contributed by atoms with Crippen molar-refractivity contribution in [2.24, 2.45) is 10.4 Å². The van der Waals surface area contributed by atoms with Gasteiger partial charge in [0.15, 0.2) is 0 Å². The minimum absolute atomic E-state index is 0.291. The molecule has 0 radical (unpaired) electrons. The number of nitrogens with zero attached hydrogens (tertiary/aromatic N) is 2. The molecule has 0 fully saturated rings. The van der Waals surface area contributed by atoms with E-state index in [-0.39, 0.29) is 0 Å². The van der Waals surface area contributed by atoms with E-state index in [9.17, 15) is 0 Å². The highest BCUT2D eigenvalue weighted by molar-refractivity contribution is 5.82. The lowest BCUT2D eigenvalue weighted by Gasteiger charge is -2.21. The molecule has 2 heteroatoms. The fourth-order valence-electron chi connectivity index (χ4n) is 1.77.